The van der Waals surface area contributed by atoms with Gasteiger partial charge in [0.1, 0.15) is 5.82 Å². The van der Waals surface area contributed by atoms with E-state index in [-0.39, 0.29) is 34.0 Å². The van der Waals surface area contributed by atoms with E-state index in [0.717, 1.165) is 24.3 Å². The Labute approximate surface area is 163 Å². The molecule has 28 heavy (non-hydrogen) atoms. The molecule has 3 rings (SSSR count). The van der Waals surface area contributed by atoms with Gasteiger partial charge in [-0.05, 0) is 55.0 Å². The minimum atomic E-state index is -3.88. The van der Waals surface area contributed by atoms with Gasteiger partial charge < -0.3 is 4.90 Å². The van der Waals surface area contributed by atoms with Crippen LogP contribution in [0.1, 0.15) is 16.8 Å². The van der Waals surface area contributed by atoms with E-state index >= 15 is 0 Å². The third-order valence-corrected chi connectivity index (χ3v) is 7.73. The molecular weight excluding hydrogens is 407 g/mol. The topological polar surface area (TPSA) is 101 Å². The summed E-state index contributed by atoms with van der Waals surface area (Å²) in [7, 11) is -5.44. The van der Waals surface area contributed by atoms with E-state index < -0.39 is 25.7 Å². The second-order valence-corrected chi connectivity index (χ2v) is 10.5. The van der Waals surface area contributed by atoms with Gasteiger partial charge >= 0.3 is 0 Å². The molecule has 1 heterocycles. The average Bonchev–Trinajstić information content (AvgIpc) is 3.01. The second kappa shape index (κ2) is 7.51. The van der Waals surface area contributed by atoms with Gasteiger partial charge in [0.2, 0.25) is 0 Å². The minimum Gasteiger partial charge on any atom is -0.338 e. The van der Waals surface area contributed by atoms with Crippen LogP contribution >= 0.6 is 0 Å². The van der Waals surface area contributed by atoms with Crippen LogP contribution in [0.25, 0.3) is 0 Å². The third-order valence-electron chi connectivity index (χ3n) is 4.58. The maximum absolute atomic E-state index is 13.0. The molecule has 7 nitrogen and oxygen atoms in total. The number of carbonyl (C=O) groups is 1. The van der Waals surface area contributed by atoms with Crippen LogP contribution in [0.4, 0.5) is 10.1 Å². The summed E-state index contributed by atoms with van der Waals surface area (Å²) in [5.74, 6) is -0.861. The SMILES string of the molecule is CN(C(=O)c1ccc(NS(=O)(=O)c2ccc(F)cc2)cc1)[C@@H]1CCS(=O)(=O)C1. The molecule has 0 saturated carbocycles. The quantitative estimate of drug-likeness (QED) is 0.787. The first-order valence-corrected chi connectivity index (χ1v) is 11.7. The molecule has 10 heteroatoms. The molecule has 2 aromatic rings. The van der Waals surface area contributed by atoms with E-state index in [4.69, 9.17) is 0 Å². The highest BCUT2D eigenvalue weighted by atomic mass is 32.2. The van der Waals surface area contributed by atoms with Gasteiger partial charge in [-0.2, -0.15) is 0 Å². The number of halogens is 1. The molecule has 1 aliphatic heterocycles. The number of anilines is 1. The first kappa shape index (κ1) is 20.3. The Morgan fingerprint density at radius 3 is 2.25 bits per heavy atom. The fourth-order valence-electron chi connectivity index (χ4n) is 2.96. The maximum Gasteiger partial charge on any atom is 0.261 e. The molecule has 2 aromatic carbocycles. The van der Waals surface area contributed by atoms with Crippen molar-refractivity contribution in [1.29, 1.82) is 0 Å². The summed E-state index contributed by atoms with van der Waals surface area (Å²) in [6.45, 7) is 0. The Bertz CT molecular complexity index is 1080. The van der Waals surface area contributed by atoms with Crippen molar-refractivity contribution in [1.82, 2.24) is 4.90 Å². The maximum atomic E-state index is 13.0. The lowest BCUT2D eigenvalue weighted by molar-refractivity contribution is 0.0747. The highest BCUT2D eigenvalue weighted by Gasteiger charge is 2.33. The van der Waals surface area contributed by atoms with Crippen LogP contribution < -0.4 is 4.72 Å². The summed E-state index contributed by atoms with van der Waals surface area (Å²) in [4.78, 5) is 13.9. The van der Waals surface area contributed by atoms with Gasteiger partial charge in [0, 0.05) is 24.3 Å². The average molecular weight is 426 g/mol. The first-order valence-electron chi connectivity index (χ1n) is 8.43. The number of amides is 1. The standard InChI is InChI=1S/C18H19FN2O5S2/c1-21(16-10-11-27(23,24)12-16)18(22)13-2-6-15(7-3-13)20-28(25,26)17-8-4-14(19)5-9-17/h2-9,16,20H,10-12H2,1H3/t16-/m1/s1. The number of sulfonamides is 1. The lowest BCUT2D eigenvalue weighted by atomic mass is 10.1. The molecule has 1 amide bonds. The van der Waals surface area contributed by atoms with E-state index in [1.54, 1.807) is 7.05 Å². The number of rotatable bonds is 5. The van der Waals surface area contributed by atoms with E-state index in [1.807, 2.05) is 0 Å². The molecule has 0 aromatic heterocycles. The second-order valence-electron chi connectivity index (χ2n) is 6.61. The zero-order valence-corrected chi connectivity index (χ0v) is 16.6. The molecule has 0 aliphatic carbocycles. The van der Waals surface area contributed by atoms with E-state index in [9.17, 15) is 26.0 Å². The van der Waals surface area contributed by atoms with Gasteiger partial charge in [0.25, 0.3) is 15.9 Å². The van der Waals surface area contributed by atoms with Crippen molar-refractivity contribution in [2.75, 3.05) is 23.3 Å². The first-order chi connectivity index (χ1) is 13.1. The Balaban J connectivity index is 1.71. The Kier molecular flexibility index (Phi) is 5.44. The molecule has 1 atom stereocenters. The summed E-state index contributed by atoms with van der Waals surface area (Å²) in [5.41, 5.74) is 0.559. The molecule has 0 radical (unpaired) electrons. The predicted octanol–water partition coefficient (Wildman–Crippen LogP) is 1.89. The van der Waals surface area contributed by atoms with Gasteiger partial charge in [-0.3, -0.25) is 9.52 Å². The van der Waals surface area contributed by atoms with Crippen molar-refractivity contribution >= 4 is 31.5 Å². The van der Waals surface area contributed by atoms with E-state index in [0.29, 0.717) is 12.0 Å². The number of benzene rings is 2. The van der Waals surface area contributed by atoms with Gasteiger partial charge in [-0.25, -0.2) is 21.2 Å². The Hall–Kier alpha value is -2.46. The Morgan fingerprint density at radius 1 is 1.11 bits per heavy atom. The molecule has 1 aliphatic rings. The number of sulfone groups is 1. The van der Waals surface area contributed by atoms with Crippen molar-refractivity contribution in [3.8, 4) is 0 Å². The van der Waals surface area contributed by atoms with Crippen molar-refractivity contribution in [2.24, 2.45) is 0 Å². The van der Waals surface area contributed by atoms with Gasteiger partial charge in [0.15, 0.2) is 9.84 Å². The normalized spacial score (nSPS) is 18.6. The zero-order chi connectivity index (χ0) is 20.5. The van der Waals surface area contributed by atoms with Gasteiger partial charge in [-0.15, -0.1) is 0 Å². The lowest BCUT2D eigenvalue weighted by Crippen LogP contribution is -2.37. The molecule has 1 saturated heterocycles. The highest BCUT2D eigenvalue weighted by Crippen LogP contribution is 2.21. The molecule has 1 N–H and O–H groups in total. The zero-order valence-electron chi connectivity index (χ0n) is 15.0. The largest absolute Gasteiger partial charge is 0.338 e. The van der Waals surface area contributed by atoms with Crippen LogP contribution in [0.3, 0.4) is 0 Å². The molecule has 1 fully saturated rings. The van der Waals surface area contributed by atoms with Gasteiger partial charge in [0.05, 0.1) is 16.4 Å². The van der Waals surface area contributed by atoms with Crippen molar-refractivity contribution < 1.29 is 26.0 Å². The van der Waals surface area contributed by atoms with Crippen molar-refractivity contribution in [3.05, 3.63) is 59.9 Å². The van der Waals surface area contributed by atoms with Crippen LogP contribution in [0, 0.1) is 5.82 Å². The number of hydrogen-bond acceptors (Lipinski definition) is 5. The van der Waals surface area contributed by atoms with E-state index in [1.165, 1.54) is 29.2 Å². The fraction of sp³-hybridized carbons (Fsp3) is 0.278. The fourth-order valence-corrected chi connectivity index (χ4v) is 5.79. The monoisotopic (exact) mass is 426 g/mol. The predicted molar refractivity (Wildman–Crippen MR) is 103 cm³/mol. The van der Waals surface area contributed by atoms with Crippen LogP contribution in [0.15, 0.2) is 53.4 Å². The van der Waals surface area contributed by atoms with Crippen molar-refractivity contribution in [3.63, 3.8) is 0 Å². The summed E-state index contributed by atoms with van der Waals surface area (Å²) in [6.07, 6.45) is 0.403. The highest BCUT2D eigenvalue weighted by molar-refractivity contribution is 7.92. The molecule has 0 bridgehead atoms. The van der Waals surface area contributed by atoms with Crippen LogP contribution in [-0.2, 0) is 19.9 Å². The summed E-state index contributed by atoms with van der Waals surface area (Å²) in [6, 6.07) is 9.84. The van der Waals surface area contributed by atoms with E-state index in [2.05, 4.69) is 4.72 Å². The molecule has 150 valence electrons. The number of nitrogens with zero attached hydrogens (tertiary/aromatic N) is 1. The van der Waals surface area contributed by atoms with Crippen LogP contribution in [-0.4, -0.2) is 52.2 Å². The van der Waals surface area contributed by atoms with Crippen LogP contribution in [0.2, 0.25) is 0 Å². The summed E-state index contributed by atoms with van der Waals surface area (Å²) < 4.78 is 63.1. The van der Waals surface area contributed by atoms with Crippen molar-refractivity contribution in [2.45, 2.75) is 17.4 Å². The molecular formula is C18H19FN2O5S2. The Morgan fingerprint density at radius 2 is 1.71 bits per heavy atom. The lowest BCUT2D eigenvalue weighted by Gasteiger charge is -2.23. The third kappa shape index (κ3) is 4.50. The summed E-state index contributed by atoms with van der Waals surface area (Å²) >= 11 is 0. The number of hydrogen-bond donors (Lipinski definition) is 1. The summed E-state index contributed by atoms with van der Waals surface area (Å²) in [5, 5.41) is 0. The number of nitrogens with one attached hydrogen (secondary N) is 1. The molecule has 0 spiro atoms. The van der Waals surface area contributed by atoms with Gasteiger partial charge in [-0.1, -0.05) is 0 Å². The molecule has 0 unspecified atom stereocenters. The van der Waals surface area contributed by atoms with Crippen LogP contribution in [0.5, 0.6) is 0 Å². The minimum absolute atomic E-state index is 0.0508. The smallest absolute Gasteiger partial charge is 0.261 e. The number of carbonyl (C=O) groups excluding carboxylic acids is 1.